The molecule has 194 valence electrons. The minimum absolute atomic E-state index is 0.0818. The molecule has 1 heterocycles. The summed E-state index contributed by atoms with van der Waals surface area (Å²) in [6.45, 7) is 2.02. The third-order valence-corrected chi connectivity index (χ3v) is 5.44. The standard InChI is InChI=1S/C25H25IN4O7/c1-3-35-21-12-16(13-28-30-25(33)24(32)27-14-19-5-4-10-36-19)11-20(26)23(21)37-15-22(31)29-17-6-8-18(34-2)9-7-17/h4-13H,3,14-15H2,1-2H3,(H,27,32)(H,29,31)(H,30,33)/b28-13-. The van der Waals surface area contributed by atoms with Crippen molar-refractivity contribution >= 4 is 52.2 Å². The molecule has 0 spiro atoms. The molecule has 0 aliphatic rings. The first-order valence-electron chi connectivity index (χ1n) is 11.1. The molecule has 0 radical (unpaired) electrons. The molecule has 0 aliphatic heterocycles. The number of benzene rings is 2. The quantitative estimate of drug-likeness (QED) is 0.130. The van der Waals surface area contributed by atoms with Crippen molar-refractivity contribution in [3.8, 4) is 17.2 Å². The lowest BCUT2D eigenvalue weighted by molar-refractivity contribution is -0.139. The van der Waals surface area contributed by atoms with E-state index < -0.39 is 11.8 Å². The highest BCUT2D eigenvalue weighted by atomic mass is 127. The summed E-state index contributed by atoms with van der Waals surface area (Å²) in [5, 5.41) is 9.00. The van der Waals surface area contributed by atoms with Crippen molar-refractivity contribution in [2.75, 3.05) is 25.6 Å². The zero-order chi connectivity index (χ0) is 26.6. The van der Waals surface area contributed by atoms with Crippen LogP contribution < -0.4 is 30.3 Å². The number of ether oxygens (including phenoxy) is 3. The number of carbonyl (C=O) groups is 3. The van der Waals surface area contributed by atoms with Gasteiger partial charge in [-0.05, 0) is 83.6 Å². The number of hydrogen-bond donors (Lipinski definition) is 3. The minimum atomic E-state index is -0.926. The van der Waals surface area contributed by atoms with Crippen LogP contribution in [0, 0.1) is 3.57 Å². The van der Waals surface area contributed by atoms with Gasteiger partial charge in [0.2, 0.25) is 0 Å². The fraction of sp³-hybridized carbons (Fsp3) is 0.200. The van der Waals surface area contributed by atoms with Crippen molar-refractivity contribution in [2.45, 2.75) is 13.5 Å². The summed E-state index contributed by atoms with van der Waals surface area (Å²) in [5.41, 5.74) is 3.36. The third-order valence-electron chi connectivity index (χ3n) is 4.64. The Kier molecular flexibility index (Phi) is 10.3. The van der Waals surface area contributed by atoms with E-state index >= 15 is 0 Å². The number of nitrogens with zero attached hydrogens (tertiary/aromatic N) is 1. The summed E-state index contributed by atoms with van der Waals surface area (Å²) >= 11 is 2.05. The fourth-order valence-electron chi connectivity index (χ4n) is 2.95. The molecular formula is C25H25IN4O7. The average molecular weight is 620 g/mol. The highest BCUT2D eigenvalue weighted by molar-refractivity contribution is 14.1. The summed E-state index contributed by atoms with van der Waals surface area (Å²) in [6.07, 6.45) is 2.83. The van der Waals surface area contributed by atoms with Gasteiger partial charge >= 0.3 is 11.8 Å². The first kappa shape index (κ1) is 27.5. The van der Waals surface area contributed by atoms with E-state index in [0.717, 1.165) is 0 Å². The van der Waals surface area contributed by atoms with Crippen LogP contribution in [0.5, 0.6) is 17.2 Å². The van der Waals surface area contributed by atoms with Crippen molar-refractivity contribution in [1.82, 2.24) is 10.7 Å². The van der Waals surface area contributed by atoms with Crippen LogP contribution in [-0.2, 0) is 20.9 Å². The Balaban J connectivity index is 1.57. The number of hydrogen-bond acceptors (Lipinski definition) is 8. The van der Waals surface area contributed by atoms with Crippen molar-refractivity contribution in [3.05, 3.63) is 69.7 Å². The summed E-state index contributed by atoms with van der Waals surface area (Å²) in [6, 6.07) is 13.7. The van der Waals surface area contributed by atoms with E-state index in [4.69, 9.17) is 18.6 Å². The van der Waals surface area contributed by atoms with Crippen LogP contribution in [-0.4, -0.2) is 44.3 Å². The van der Waals surface area contributed by atoms with E-state index in [0.29, 0.717) is 44.4 Å². The molecule has 12 heteroatoms. The zero-order valence-corrected chi connectivity index (χ0v) is 22.2. The largest absolute Gasteiger partial charge is 0.497 e. The average Bonchev–Trinajstić information content (AvgIpc) is 3.41. The topological polar surface area (TPSA) is 140 Å². The van der Waals surface area contributed by atoms with Crippen molar-refractivity contribution < 1.29 is 33.0 Å². The van der Waals surface area contributed by atoms with Gasteiger partial charge in [0.1, 0.15) is 11.5 Å². The van der Waals surface area contributed by atoms with Crippen LogP contribution in [0.1, 0.15) is 18.2 Å². The lowest BCUT2D eigenvalue weighted by atomic mass is 10.2. The Labute approximate surface area is 226 Å². The SMILES string of the molecule is CCOc1cc(/C=N\NC(=O)C(=O)NCc2ccco2)cc(I)c1OCC(=O)Nc1ccc(OC)cc1. The molecule has 3 amide bonds. The van der Waals surface area contributed by atoms with E-state index in [2.05, 4.69) is 21.2 Å². The Bertz CT molecular complexity index is 1240. The number of rotatable bonds is 11. The van der Waals surface area contributed by atoms with Crippen LogP contribution >= 0.6 is 22.6 Å². The maximum Gasteiger partial charge on any atom is 0.329 e. The number of methoxy groups -OCH3 is 1. The van der Waals surface area contributed by atoms with Gasteiger partial charge in [-0.15, -0.1) is 0 Å². The molecule has 0 saturated carbocycles. The molecule has 0 atom stereocenters. The van der Waals surface area contributed by atoms with Gasteiger partial charge in [-0.3, -0.25) is 14.4 Å². The van der Waals surface area contributed by atoms with Crippen molar-refractivity contribution in [1.29, 1.82) is 0 Å². The van der Waals surface area contributed by atoms with Gasteiger partial charge in [-0.25, -0.2) is 5.43 Å². The van der Waals surface area contributed by atoms with E-state index in [-0.39, 0.29) is 19.1 Å². The Morgan fingerprint density at radius 3 is 2.54 bits per heavy atom. The van der Waals surface area contributed by atoms with E-state index in [1.165, 1.54) is 12.5 Å². The highest BCUT2D eigenvalue weighted by Gasteiger charge is 2.15. The smallest absolute Gasteiger partial charge is 0.329 e. The van der Waals surface area contributed by atoms with Gasteiger partial charge in [0.05, 0.1) is 36.3 Å². The fourth-order valence-corrected chi connectivity index (χ4v) is 3.73. The Morgan fingerprint density at radius 1 is 1.08 bits per heavy atom. The van der Waals surface area contributed by atoms with E-state index in [1.54, 1.807) is 55.6 Å². The maximum absolute atomic E-state index is 12.4. The molecule has 0 unspecified atom stereocenters. The number of hydrazone groups is 1. The number of furan rings is 1. The van der Waals surface area contributed by atoms with Crippen molar-refractivity contribution in [2.24, 2.45) is 5.10 Å². The Hall–Kier alpha value is -4.07. The molecule has 3 rings (SSSR count). The molecule has 3 N–H and O–H groups in total. The van der Waals surface area contributed by atoms with Crippen LogP contribution in [0.15, 0.2) is 64.3 Å². The second-order valence-corrected chi connectivity index (χ2v) is 8.45. The highest BCUT2D eigenvalue weighted by Crippen LogP contribution is 2.34. The van der Waals surface area contributed by atoms with Crippen LogP contribution in [0.2, 0.25) is 0 Å². The van der Waals surface area contributed by atoms with Gasteiger partial charge in [-0.2, -0.15) is 5.10 Å². The van der Waals surface area contributed by atoms with Gasteiger partial charge in [0.15, 0.2) is 18.1 Å². The van der Waals surface area contributed by atoms with Crippen LogP contribution in [0.3, 0.4) is 0 Å². The monoisotopic (exact) mass is 620 g/mol. The number of halogens is 1. The third kappa shape index (κ3) is 8.52. The van der Waals surface area contributed by atoms with E-state index in [9.17, 15) is 14.4 Å². The van der Waals surface area contributed by atoms with Gasteiger partial charge < -0.3 is 29.3 Å². The summed E-state index contributed by atoms with van der Waals surface area (Å²) < 4.78 is 22.3. The molecule has 11 nitrogen and oxygen atoms in total. The van der Waals surface area contributed by atoms with Crippen LogP contribution in [0.4, 0.5) is 5.69 Å². The molecule has 0 fully saturated rings. The second-order valence-electron chi connectivity index (χ2n) is 7.29. The van der Waals surface area contributed by atoms with Gasteiger partial charge in [0, 0.05) is 5.69 Å². The normalized spacial score (nSPS) is 10.6. The number of nitrogens with one attached hydrogen (secondary N) is 3. The Morgan fingerprint density at radius 2 is 1.86 bits per heavy atom. The molecular weight excluding hydrogens is 595 g/mol. The van der Waals surface area contributed by atoms with Gasteiger partial charge in [0.25, 0.3) is 5.91 Å². The van der Waals surface area contributed by atoms with Gasteiger partial charge in [-0.1, -0.05) is 0 Å². The molecule has 3 aromatic rings. The van der Waals surface area contributed by atoms with Crippen LogP contribution in [0.25, 0.3) is 0 Å². The summed E-state index contributed by atoms with van der Waals surface area (Å²) in [4.78, 5) is 36.2. The summed E-state index contributed by atoms with van der Waals surface area (Å²) in [5.74, 6) is -0.131. The number of anilines is 1. The molecule has 0 saturated heterocycles. The number of carbonyl (C=O) groups excluding carboxylic acids is 3. The zero-order valence-electron chi connectivity index (χ0n) is 20.1. The first-order valence-corrected chi connectivity index (χ1v) is 12.1. The molecule has 37 heavy (non-hydrogen) atoms. The first-order chi connectivity index (χ1) is 17.9. The minimum Gasteiger partial charge on any atom is -0.497 e. The number of amides is 3. The maximum atomic E-state index is 12.4. The predicted octanol–water partition coefficient (Wildman–Crippen LogP) is 3.08. The lowest BCUT2D eigenvalue weighted by Crippen LogP contribution is -2.37. The molecule has 1 aromatic heterocycles. The molecule has 0 bridgehead atoms. The molecule has 0 aliphatic carbocycles. The lowest BCUT2D eigenvalue weighted by Gasteiger charge is -2.14. The summed E-state index contributed by atoms with van der Waals surface area (Å²) in [7, 11) is 1.57. The molecule has 2 aromatic carbocycles. The van der Waals surface area contributed by atoms with E-state index in [1.807, 2.05) is 29.5 Å². The second kappa shape index (κ2) is 13.9. The predicted molar refractivity (Wildman–Crippen MR) is 144 cm³/mol. The van der Waals surface area contributed by atoms with Crippen molar-refractivity contribution in [3.63, 3.8) is 0 Å².